The number of carbonyl (C=O) groups is 1. The van der Waals surface area contributed by atoms with E-state index >= 15 is 0 Å². The van der Waals surface area contributed by atoms with Gasteiger partial charge in [-0.25, -0.2) is 4.99 Å². The summed E-state index contributed by atoms with van der Waals surface area (Å²) in [6.45, 7) is 8.54. The smallest absolute Gasteiger partial charge is 0.244 e. The Labute approximate surface area is 163 Å². The fraction of sp³-hybridized carbons (Fsp3) is 0.619. The molecule has 2 rings (SSSR count). The Morgan fingerprint density at radius 1 is 1.26 bits per heavy atom. The van der Waals surface area contributed by atoms with Crippen molar-refractivity contribution in [1.29, 1.82) is 0 Å². The van der Waals surface area contributed by atoms with Crippen molar-refractivity contribution in [2.24, 2.45) is 10.9 Å². The predicted molar refractivity (Wildman–Crippen MR) is 110 cm³/mol. The summed E-state index contributed by atoms with van der Waals surface area (Å²) >= 11 is 0. The summed E-state index contributed by atoms with van der Waals surface area (Å²) in [6.07, 6.45) is 2.61. The molecule has 0 unspecified atom stereocenters. The lowest BCUT2D eigenvalue weighted by molar-refractivity contribution is -0.130. The number of carbonyl (C=O) groups excluding carboxylic acids is 1. The number of ether oxygens (including phenoxy) is 1. The van der Waals surface area contributed by atoms with E-state index in [4.69, 9.17) is 4.74 Å². The van der Waals surface area contributed by atoms with E-state index in [0.29, 0.717) is 19.7 Å². The van der Waals surface area contributed by atoms with Gasteiger partial charge in [0.1, 0.15) is 6.54 Å². The minimum absolute atomic E-state index is 0.0372. The summed E-state index contributed by atoms with van der Waals surface area (Å²) in [4.78, 5) is 21.0. The first-order valence-corrected chi connectivity index (χ1v) is 10.0. The van der Waals surface area contributed by atoms with Gasteiger partial charge in [0.05, 0.1) is 6.61 Å². The van der Waals surface area contributed by atoms with E-state index in [-0.39, 0.29) is 12.5 Å². The Balaban J connectivity index is 1.83. The van der Waals surface area contributed by atoms with Gasteiger partial charge < -0.3 is 19.9 Å². The second-order valence-electron chi connectivity index (χ2n) is 7.00. The molecule has 6 heteroatoms. The number of aliphatic imine (C=N–C) groups is 1. The standard InChI is InChI=1S/C21H34N4O2/c1-4-22-21(24(3)13-14-27-17-19-11-12-19)23-15-20(26)25(5-2)16-18-9-7-6-8-10-18/h6-10,19H,4-5,11-17H2,1-3H3,(H,22,23). The zero-order valence-corrected chi connectivity index (χ0v) is 17.0. The maximum atomic E-state index is 12.6. The summed E-state index contributed by atoms with van der Waals surface area (Å²) < 4.78 is 5.70. The van der Waals surface area contributed by atoms with Crippen LogP contribution in [0, 0.1) is 5.92 Å². The van der Waals surface area contributed by atoms with Crippen LogP contribution in [-0.4, -0.2) is 68.1 Å². The first-order chi connectivity index (χ1) is 13.1. The van der Waals surface area contributed by atoms with Crippen molar-refractivity contribution in [3.05, 3.63) is 35.9 Å². The Hall–Kier alpha value is -2.08. The maximum Gasteiger partial charge on any atom is 0.244 e. The average Bonchev–Trinajstić information content (AvgIpc) is 3.51. The molecule has 150 valence electrons. The minimum Gasteiger partial charge on any atom is -0.379 e. The van der Waals surface area contributed by atoms with E-state index in [1.165, 1.54) is 12.8 Å². The summed E-state index contributed by atoms with van der Waals surface area (Å²) in [5.41, 5.74) is 1.13. The van der Waals surface area contributed by atoms with Crippen LogP contribution in [-0.2, 0) is 16.1 Å². The third kappa shape index (κ3) is 7.99. The number of amides is 1. The lowest BCUT2D eigenvalue weighted by Crippen LogP contribution is -2.41. The van der Waals surface area contributed by atoms with E-state index < -0.39 is 0 Å². The maximum absolute atomic E-state index is 12.6. The van der Waals surface area contributed by atoms with Crippen molar-refractivity contribution in [3.8, 4) is 0 Å². The molecule has 0 atom stereocenters. The monoisotopic (exact) mass is 374 g/mol. The second kappa shape index (κ2) is 11.6. The molecule has 0 aliphatic heterocycles. The van der Waals surface area contributed by atoms with Crippen molar-refractivity contribution >= 4 is 11.9 Å². The van der Waals surface area contributed by atoms with Crippen molar-refractivity contribution < 1.29 is 9.53 Å². The summed E-state index contributed by atoms with van der Waals surface area (Å²) in [5, 5.41) is 3.26. The van der Waals surface area contributed by atoms with Crippen molar-refractivity contribution in [3.63, 3.8) is 0 Å². The number of rotatable bonds is 11. The summed E-state index contributed by atoms with van der Waals surface area (Å²) in [7, 11) is 1.98. The molecule has 1 amide bonds. The molecule has 1 aromatic rings. The van der Waals surface area contributed by atoms with E-state index in [9.17, 15) is 4.79 Å². The van der Waals surface area contributed by atoms with Gasteiger partial charge in [-0.3, -0.25) is 4.79 Å². The van der Waals surface area contributed by atoms with Crippen LogP contribution in [0.3, 0.4) is 0 Å². The first-order valence-electron chi connectivity index (χ1n) is 10.0. The van der Waals surface area contributed by atoms with Crippen LogP contribution < -0.4 is 5.32 Å². The molecule has 0 bridgehead atoms. The third-order valence-electron chi connectivity index (χ3n) is 4.63. The Kier molecular flexibility index (Phi) is 9.11. The highest BCUT2D eigenvalue weighted by Gasteiger charge is 2.21. The number of benzene rings is 1. The third-order valence-corrected chi connectivity index (χ3v) is 4.63. The molecule has 1 aliphatic carbocycles. The molecule has 0 saturated heterocycles. The lowest BCUT2D eigenvalue weighted by atomic mass is 10.2. The average molecular weight is 375 g/mol. The SMILES string of the molecule is CCNC(=NCC(=O)N(CC)Cc1ccccc1)N(C)CCOCC1CC1. The Bertz CT molecular complexity index is 587. The van der Waals surface area contributed by atoms with Crippen LogP contribution in [0.15, 0.2) is 35.3 Å². The van der Waals surface area contributed by atoms with Gasteiger partial charge in [0.2, 0.25) is 5.91 Å². The van der Waals surface area contributed by atoms with E-state index in [1.54, 1.807) is 0 Å². The Morgan fingerprint density at radius 2 is 2.00 bits per heavy atom. The number of likely N-dealkylation sites (N-methyl/N-ethyl adjacent to an activating group) is 2. The van der Waals surface area contributed by atoms with E-state index in [2.05, 4.69) is 10.3 Å². The highest BCUT2D eigenvalue weighted by molar-refractivity contribution is 5.84. The molecule has 1 aromatic carbocycles. The molecular formula is C21H34N4O2. The van der Waals surface area contributed by atoms with Crippen LogP contribution >= 0.6 is 0 Å². The number of hydrogen-bond donors (Lipinski definition) is 1. The van der Waals surface area contributed by atoms with Crippen LogP contribution in [0.4, 0.5) is 0 Å². The topological polar surface area (TPSA) is 57.2 Å². The summed E-state index contributed by atoms with van der Waals surface area (Å²) in [6, 6.07) is 10.1. The highest BCUT2D eigenvalue weighted by Crippen LogP contribution is 2.28. The van der Waals surface area contributed by atoms with E-state index in [1.807, 2.05) is 61.0 Å². The molecule has 1 fully saturated rings. The molecule has 1 saturated carbocycles. The van der Waals surface area contributed by atoms with Gasteiger partial charge in [0.15, 0.2) is 5.96 Å². The van der Waals surface area contributed by atoms with Gasteiger partial charge in [0, 0.05) is 39.8 Å². The molecule has 0 spiro atoms. The molecule has 0 heterocycles. The Morgan fingerprint density at radius 3 is 2.63 bits per heavy atom. The molecule has 27 heavy (non-hydrogen) atoms. The van der Waals surface area contributed by atoms with Crippen LogP contribution in [0.1, 0.15) is 32.3 Å². The zero-order valence-electron chi connectivity index (χ0n) is 17.0. The molecular weight excluding hydrogens is 340 g/mol. The highest BCUT2D eigenvalue weighted by atomic mass is 16.5. The van der Waals surface area contributed by atoms with Gasteiger partial charge in [0.25, 0.3) is 0 Å². The molecule has 1 aliphatic rings. The number of guanidine groups is 1. The summed E-state index contributed by atoms with van der Waals surface area (Å²) in [5.74, 6) is 1.56. The largest absolute Gasteiger partial charge is 0.379 e. The van der Waals surface area contributed by atoms with Gasteiger partial charge in [-0.15, -0.1) is 0 Å². The van der Waals surface area contributed by atoms with Gasteiger partial charge >= 0.3 is 0 Å². The molecule has 6 nitrogen and oxygen atoms in total. The van der Waals surface area contributed by atoms with Crippen LogP contribution in [0.25, 0.3) is 0 Å². The molecule has 1 N–H and O–H groups in total. The first kappa shape index (κ1) is 21.2. The quantitative estimate of drug-likeness (QED) is 0.367. The number of nitrogens with one attached hydrogen (secondary N) is 1. The number of hydrogen-bond acceptors (Lipinski definition) is 3. The van der Waals surface area contributed by atoms with Crippen LogP contribution in [0.2, 0.25) is 0 Å². The predicted octanol–water partition coefficient (Wildman–Crippen LogP) is 2.36. The minimum atomic E-state index is 0.0372. The van der Waals surface area contributed by atoms with Crippen LogP contribution in [0.5, 0.6) is 0 Å². The van der Waals surface area contributed by atoms with Gasteiger partial charge in [-0.05, 0) is 38.2 Å². The van der Waals surface area contributed by atoms with Crippen molar-refractivity contribution in [2.45, 2.75) is 33.2 Å². The molecule has 0 aromatic heterocycles. The zero-order chi connectivity index (χ0) is 19.5. The fourth-order valence-electron chi connectivity index (χ4n) is 2.73. The van der Waals surface area contributed by atoms with Crippen molar-refractivity contribution in [1.82, 2.24) is 15.1 Å². The fourth-order valence-corrected chi connectivity index (χ4v) is 2.73. The van der Waals surface area contributed by atoms with Gasteiger partial charge in [-0.2, -0.15) is 0 Å². The second-order valence-corrected chi connectivity index (χ2v) is 7.00. The molecule has 0 radical (unpaired) electrons. The van der Waals surface area contributed by atoms with Crippen molar-refractivity contribution in [2.75, 3.05) is 46.4 Å². The van der Waals surface area contributed by atoms with Gasteiger partial charge in [-0.1, -0.05) is 30.3 Å². The lowest BCUT2D eigenvalue weighted by Gasteiger charge is -2.23. The van der Waals surface area contributed by atoms with E-state index in [0.717, 1.165) is 37.1 Å². The normalized spacial score (nSPS) is 14.1. The number of nitrogens with zero attached hydrogens (tertiary/aromatic N) is 3.